The quantitative estimate of drug-likeness (QED) is 0.841. The van der Waals surface area contributed by atoms with Crippen LogP contribution in [0.3, 0.4) is 0 Å². The van der Waals surface area contributed by atoms with Gasteiger partial charge in [0.1, 0.15) is 4.90 Å². The van der Waals surface area contributed by atoms with E-state index in [9.17, 15) is 21.6 Å². The predicted molar refractivity (Wildman–Crippen MR) is 85.7 cm³/mol. The van der Waals surface area contributed by atoms with E-state index in [0.29, 0.717) is 18.5 Å². The van der Waals surface area contributed by atoms with Gasteiger partial charge in [-0.15, -0.1) is 0 Å². The molecule has 2 N–H and O–H groups in total. The molecule has 0 fully saturated rings. The fraction of sp³-hybridized carbons (Fsp3) is 0.312. The highest BCUT2D eigenvalue weighted by atomic mass is 32.2. The van der Waals surface area contributed by atoms with Crippen LogP contribution in [0.25, 0.3) is 5.69 Å². The highest BCUT2D eigenvalue weighted by Crippen LogP contribution is 2.36. The molecule has 3 rings (SSSR count). The number of rotatable bonds is 3. The maximum absolute atomic E-state index is 13.2. The summed E-state index contributed by atoms with van der Waals surface area (Å²) in [5.41, 5.74) is -0.709. The van der Waals surface area contributed by atoms with Crippen molar-refractivity contribution in [3.05, 3.63) is 53.9 Å². The Kier molecular flexibility index (Phi) is 4.46. The second-order valence-corrected chi connectivity index (χ2v) is 7.39. The van der Waals surface area contributed by atoms with E-state index in [1.165, 1.54) is 24.3 Å². The van der Waals surface area contributed by atoms with Crippen LogP contribution in [0.15, 0.2) is 47.4 Å². The van der Waals surface area contributed by atoms with E-state index in [-0.39, 0.29) is 16.5 Å². The average Bonchev–Trinajstić information content (AvgIpc) is 3.00. The lowest BCUT2D eigenvalue weighted by atomic mass is 9.91. The minimum Gasteiger partial charge on any atom is -0.236 e. The number of alkyl halides is 3. The fourth-order valence-corrected chi connectivity index (χ4v) is 3.67. The first-order valence-corrected chi connectivity index (χ1v) is 9.17. The van der Waals surface area contributed by atoms with Gasteiger partial charge in [0.15, 0.2) is 5.69 Å². The highest BCUT2D eigenvalue weighted by molar-refractivity contribution is 7.89. The second kappa shape index (κ2) is 6.30. The first-order valence-electron chi connectivity index (χ1n) is 7.62. The molecule has 134 valence electrons. The summed E-state index contributed by atoms with van der Waals surface area (Å²) in [5, 5.41) is 8.86. The number of benzene rings is 1. The molecule has 25 heavy (non-hydrogen) atoms. The van der Waals surface area contributed by atoms with Crippen LogP contribution in [0.1, 0.15) is 36.6 Å². The highest BCUT2D eigenvalue weighted by Gasteiger charge is 2.36. The van der Waals surface area contributed by atoms with Crippen molar-refractivity contribution in [2.45, 2.75) is 36.3 Å². The maximum Gasteiger partial charge on any atom is 0.435 e. The van der Waals surface area contributed by atoms with Gasteiger partial charge in [0.25, 0.3) is 0 Å². The SMILES string of the molecule is NS(=O)(=O)c1ccccc1-n1nc(C(F)(F)F)cc1C1CC=CCC1. The molecule has 1 unspecified atom stereocenters. The minimum absolute atomic E-state index is 0.0186. The summed E-state index contributed by atoms with van der Waals surface area (Å²) in [4.78, 5) is -0.264. The summed E-state index contributed by atoms with van der Waals surface area (Å²) in [7, 11) is -4.11. The molecule has 0 saturated heterocycles. The normalized spacial score (nSPS) is 18.5. The van der Waals surface area contributed by atoms with Gasteiger partial charge in [0, 0.05) is 11.6 Å². The van der Waals surface area contributed by atoms with Crippen molar-refractivity contribution in [1.29, 1.82) is 0 Å². The van der Waals surface area contributed by atoms with Crippen molar-refractivity contribution < 1.29 is 21.6 Å². The molecule has 1 heterocycles. The molecule has 0 spiro atoms. The van der Waals surface area contributed by atoms with Crippen molar-refractivity contribution in [2.24, 2.45) is 5.14 Å². The van der Waals surface area contributed by atoms with Crippen molar-refractivity contribution in [3.63, 3.8) is 0 Å². The first kappa shape index (κ1) is 17.7. The van der Waals surface area contributed by atoms with E-state index >= 15 is 0 Å². The van der Waals surface area contributed by atoms with Crippen molar-refractivity contribution in [1.82, 2.24) is 9.78 Å². The lowest BCUT2D eigenvalue weighted by Gasteiger charge is -2.20. The molecule has 1 atom stereocenters. The zero-order valence-corrected chi connectivity index (χ0v) is 13.9. The van der Waals surface area contributed by atoms with Crippen LogP contribution >= 0.6 is 0 Å². The van der Waals surface area contributed by atoms with Gasteiger partial charge >= 0.3 is 6.18 Å². The van der Waals surface area contributed by atoms with Gasteiger partial charge in [-0.1, -0.05) is 24.3 Å². The number of aromatic nitrogens is 2. The first-order chi connectivity index (χ1) is 11.7. The third-order valence-electron chi connectivity index (χ3n) is 4.11. The van der Waals surface area contributed by atoms with Gasteiger partial charge in [0.2, 0.25) is 10.0 Å². The maximum atomic E-state index is 13.2. The van der Waals surface area contributed by atoms with Crippen LogP contribution in [0.4, 0.5) is 13.2 Å². The Labute approximate surface area is 143 Å². The molecule has 0 radical (unpaired) electrons. The molecule has 9 heteroatoms. The third kappa shape index (κ3) is 3.62. The molecule has 1 aliphatic carbocycles. The monoisotopic (exact) mass is 371 g/mol. The van der Waals surface area contributed by atoms with Crippen LogP contribution in [0.5, 0.6) is 0 Å². The molecule has 1 aliphatic rings. The van der Waals surface area contributed by atoms with Gasteiger partial charge < -0.3 is 0 Å². The van der Waals surface area contributed by atoms with E-state index < -0.39 is 21.9 Å². The van der Waals surface area contributed by atoms with E-state index in [4.69, 9.17) is 5.14 Å². The van der Waals surface area contributed by atoms with Crippen molar-refractivity contribution >= 4 is 10.0 Å². The van der Waals surface area contributed by atoms with Crippen LogP contribution in [-0.2, 0) is 16.2 Å². The number of para-hydroxylation sites is 1. The molecule has 1 aromatic carbocycles. The summed E-state index contributed by atoms with van der Waals surface area (Å²) in [6.07, 6.45) is 1.23. The largest absolute Gasteiger partial charge is 0.435 e. The van der Waals surface area contributed by atoms with E-state index in [1.807, 2.05) is 12.2 Å². The lowest BCUT2D eigenvalue weighted by Crippen LogP contribution is -2.17. The van der Waals surface area contributed by atoms with Crippen LogP contribution < -0.4 is 5.14 Å². The van der Waals surface area contributed by atoms with Gasteiger partial charge in [-0.3, -0.25) is 0 Å². The molecule has 0 amide bonds. The summed E-state index contributed by atoms with van der Waals surface area (Å²) in [6.45, 7) is 0. The molecule has 1 aromatic heterocycles. The fourth-order valence-electron chi connectivity index (χ4n) is 2.95. The zero-order valence-electron chi connectivity index (χ0n) is 13.1. The van der Waals surface area contributed by atoms with E-state index in [0.717, 1.165) is 17.2 Å². The zero-order chi connectivity index (χ0) is 18.2. The Hall–Kier alpha value is -2.13. The van der Waals surface area contributed by atoms with Gasteiger partial charge in [0.05, 0.1) is 5.69 Å². The van der Waals surface area contributed by atoms with E-state index in [1.54, 1.807) is 0 Å². The number of nitrogens with two attached hydrogens (primary N) is 1. The average molecular weight is 371 g/mol. The molecule has 5 nitrogen and oxygen atoms in total. The van der Waals surface area contributed by atoms with Crippen LogP contribution in [0.2, 0.25) is 0 Å². The smallest absolute Gasteiger partial charge is 0.236 e. The third-order valence-corrected chi connectivity index (χ3v) is 5.07. The van der Waals surface area contributed by atoms with Gasteiger partial charge in [-0.2, -0.15) is 18.3 Å². The van der Waals surface area contributed by atoms with Crippen LogP contribution in [-0.4, -0.2) is 18.2 Å². The number of hydrogen-bond acceptors (Lipinski definition) is 3. The van der Waals surface area contributed by atoms with Crippen molar-refractivity contribution in [3.8, 4) is 5.69 Å². The molecule has 2 aromatic rings. The summed E-state index contributed by atoms with van der Waals surface area (Å²) in [5.74, 6) is -0.179. The number of hydrogen-bond donors (Lipinski definition) is 1. The Balaban J connectivity index is 2.22. The van der Waals surface area contributed by atoms with E-state index in [2.05, 4.69) is 5.10 Å². The lowest BCUT2D eigenvalue weighted by molar-refractivity contribution is -0.141. The van der Waals surface area contributed by atoms with Gasteiger partial charge in [-0.05, 0) is 37.5 Å². The Morgan fingerprint density at radius 3 is 2.52 bits per heavy atom. The molecule has 0 saturated carbocycles. The molecule has 0 aliphatic heterocycles. The number of sulfonamides is 1. The summed E-state index contributed by atoms with van der Waals surface area (Å²) >= 11 is 0. The minimum atomic E-state index is -4.62. The molecule has 0 bridgehead atoms. The van der Waals surface area contributed by atoms with Gasteiger partial charge in [-0.25, -0.2) is 18.2 Å². The summed E-state index contributed by atoms with van der Waals surface area (Å²) < 4.78 is 64.2. The Morgan fingerprint density at radius 1 is 1.20 bits per heavy atom. The van der Waals surface area contributed by atoms with Crippen molar-refractivity contribution in [2.75, 3.05) is 0 Å². The number of nitrogens with zero attached hydrogens (tertiary/aromatic N) is 2. The number of allylic oxidation sites excluding steroid dienone is 2. The Morgan fingerprint density at radius 2 is 1.92 bits per heavy atom. The standard InChI is InChI=1S/C16H16F3N3O2S/c17-16(18,19)15-10-13(11-6-2-1-3-7-11)22(21-15)12-8-4-5-9-14(12)25(20,23)24/h1-2,4-5,8-11H,3,6-7H2,(H2,20,23,24). The predicted octanol–water partition coefficient (Wildman–Crippen LogP) is 3.36. The topological polar surface area (TPSA) is 78.0 Å². The molecular formula is C16H16F3N3O2S. The number of primary sulfonamides is 1. The number of halogens is 3. The molecular weight excluding hydrogens is 355 g/mol. The Bertz CT molecular complexity index is 917. The summed E-state index contributed by atoms with van der Waals surface area (Å²) in [6, 6.07) is 6.63. The van der Waals surface area contributed by atoms with Crippen LogP contribution in [0, 0.1) is 0 Å². The second-order valence-electron chi connectivity index (χ2n) is 5.86.